The zero-order chi connectivity index (χ0) is 25.2. The van der Waals surface area contributed by atoms with Gasteiger partial charge in [0.1, 0.15) is 0 Å². The minimum absolute atomic E-state index is 0.139. The van der Waals surface area contributed by atoms with E-state index in [1.54, 1.807) is 0 Å². The third-order valence-corrected chi connectivity index (χ3v) is 11.0. The molecule has 0 radical (unpaired) electrons. The standard InChI is InChI=1S/C31H36O3Si/c1-5-33-30(32)23-15-18-27(25-24-26-16-9-6-10-17-26)34-35(31(2,3)4,28-19-11-7-12-20-28)29-21-13-8-14-22-29/h6-17,19-25,27H,5,18H2,1-4H3/b23-15+,25-24+. The highest BCUT2D eigenvalue weighted by Crippen LogP contribution is 2.38. The number of hydrogen-bond acceptors (Lipinski definition) is 3. The fraction of sp³-hybridized carbons (Fsp3) is 0.258. The minimum atomic E-state index is -2.74. The molecule has 0 aliphatic carbocycles. The molecule has 1 atom stereocenters. The van der Waals surface area contributed by atoms with Gasteiger partial charge in [-0.05, 0) is 34.3 Å². The lowest BCUT2D eigenvalue weighted by Crippen LogP contribution is -2.67. The van der Waals surface area contributed by atoms with Gasteiger partial charge in [-0.3, -0.25) is 0 Å². The number of rotatable bonds is 10. The van der Waals surface area contributed by atoms with Crippen molar-refractivity contribution in [3.63, 3.8) is 0 Å². The summed E-state index contributed by atoms with van der Waals surface area (Å²) >= 11 is 0. The molecule has 3 rings (SSSR count). The molecule has 0 saturated carbocycles. The van der Waals surface area contributed by atoms with Gasteiger partial charge < -0.3 is 9.16 Å². The lowest BCUT2D eigenvalue weighted by Gasteiger charge is -2.44. The predicted octanol–water partition coefficient (Wildman–Crippen LogP) is 6.15. The van der Waals surface area contributed by atoms with Crippen LogP contribution in [-0.4, -0.2) is 27.0 Å². The molecule has 3 aromatic rings. The molecule has 0 amide bonds. The molecule has 0 heterocycles. The average Bonchev–Trinajstić information content (AvgIpc) is 2.86. The van der Waals surface area contributed by atoms with Crippen LogP contribution in [0.1, 0.15) is 39.7 Å². The van der Waals surface area contributed by atoms with Gasteiger partial charge in [-0.1, -0.05) is 130 Å². The number of benzene rings is 3. The van der Waals surface area contributed by atoms with Crippen molar-refractivity contribution in [2.45, 2.75) is 45.3 Å². The van der Waals surface area contributed by atoms with Crippen molar-refractivity contribution in [2.75, 3.05) is 6.61 Å². The van der Waals surface area contributed by atoms with E-state index in [1.165, 1.54) is 16.4 Å². The molecule has 182 valence electrons. The highest BCUT2D eigenvalue weighted by Gasteiger charge is 2.51. The fourth-order valence-electron chi connectivity index (χ4n) is 4.36. The molecule has 0 spiro atoms. The van der Waals surface area contributed by atoms with Crippen LogP contribution >= 0.6 is 0 Å². The van der Waals surface area contributed by atoms with Gasteiger partial charge in [-0.25, -0.2) is 4.79 Å². The number of ether oxygens (including phenoxy) is 1. The summed E-state index contributed by atoms with van der Waals surface area (Å²) in [5.74, 6) is -0.330. The summed E-state index contributed by atoms with van der Waals surface area (Å²) in [4.78, 5) is 11.9. The smallest absolute Gasteiger partial charge is 0.330 e. The summed E-state index contributed by atoms with van der Waals surface area (Å²) in [7, 11) is -2.74. The molecule has 0 aliphatic rings. The van der Waals surface area contributed by atoms with E-state index in [0.29, 0.717) is 13.0 Å². The molecule has 35 heavy (non-hydrogen) atoms. The lowest BCUT2D eigenvalue weighted by atomic mass is 10.1. The van der Waals surface area contributed by atoms with Crippen molar-refractivity contribution in [3.05, 3.63) is 115 Å². The first kappa shape index (κ1) is 26.4. The molecule has 0 saturated heterocycles. The molecule has 0 fully saturated rings. The van der Waals surface area contributed by atoms with Crippen molar-refractivity contribution in [1.29, 1.82) is 0 Å². The molecule has 3 nitrogen and oxygen atoms in total. The predicted molar refractivity (Wildman–Crippen MR) is 148 cm³/mol. The van der Waals surface area contributed by atoms with Gasteiger partial charge in [0.05, 0.1) is 12.7 Å². The van der Waals surface area contributed by atoms with Gasteiger partial charge in [0, 0.05) is 6.08 Å². The van der Waals surface area contributed by atoms with Gasteiger partial charge in [0.25, 0.3) is 8.32 Å². The zero-order valence-electron chi connectivity index (χ0n) is 21.2. The zero-order valence-corrected chi connectivity index (χ0v) is 22.2. The summed E-state index contributed by atoms with van der Waals surface area (Å²) in [6.07, 6.45) is 7.90. The summed E-state index contributed by atoms with van der Waals surface area (Å²) in [6.45, 7) is 8.98. The molecular formula is C31H36O3Si. The van der Waals surface area contributed by atoms with Crippen LogP contribution in [-0.2, 0) is 14.0 Å². The SMILES string of the molecule is CCOC(=O)/C=C/CC(/C=C/c1ccccc1)O[Si](c1ccccc1)(c1ccccc1)C(C)(C)C. The van der Waals surface area contributed by atoms with Gasteiger partial charge >= 0.3 is 5.97 Å². The number of esters is 1. The van der Waals surface area contributed by atoms with Gasteiger partial charge in [0.15, 0.2) is 0 Å². The third-order valence-electron chi connectivity index (χ3n) is 5.96. The summed E-state index contributed by atoms with van der Waals surface area (Å²) in [5, 5.41) is 2.32. The van der Waals surface area contributed by atoms with E-state index >= 15 is 0 Å². The van der Waals surface area contributed by atoms with Gasteiger partial charge in [-0.15, -0.1) is 0 Å². The Morgan fingerprint density at radius 3 is 1.86 bits per heavy atom. The molecule has 0 bridgehead atoms. The average molecular weight is 485 g/mol. The second kappa shape index (κ2) is 12.5. The number of hydrogen-bond donors (Lipinski definition) is 0. The Balaban J connectivity index is 2.07. The molecule has 0 aromatic heterocycles. The highest BCUT2D eigenvalue weighted by atomic mass is 28.4. The Hall–Kier alpha value is -3.21. The second-order valence-electron chi connectivity index (χ2n) is 9.48. The normalized spacial score (nSPS) is 13.3. The Bertz CT molecular complexity index is 1060. The molecule has 4 heteroatoms. The van der Waals surface area contributed by atoms with E-state index in [2.05, 4.69) is 93.6 Å². The molecule has 0 N–H and O–H groups in total. The second-order valence-corrected chi connectivity index (χ2v) is 13.7. The van der Waals surface area contributed by atoms with Crippen molar-refractivity contribution >= 4 is 30.7 Å². The van der Waals surface area contributed by atoms with E-state index in [1.807, 2.05) is 43.3 Å². The molecule has 3 aromatic carbocycles. The molecular weight excluding hydrogens is 448 g/mol. The van der Waals surface area contributed by atoms with E-state index in [9.17, 15) is 4.79 Å². The quantitative estimate of drug-likeness (QED) is 0.197. The Morgan fingerprint density at radius 2 is 1.37 bits per heavy atom. The van der Waals surface area contributed by atoms with Crippen LogP contribution in [0.5, 0.6) is 0 Å². The number of carbonyl (C=O) groups excluding carboxylic acids is 1. The van der Waals surface area contributed by atoms with Crippen LogP contribution in [0.25, 0.3) is 6.08 Å². The maximum Gasteiger partial charge on any atom is 0.330 e. The Morgan fingerprint density at radius 1 is 0.857 bits per heavy atom. The van der Waals surface area contributed by atoms with E-state index in [-0.39, 0.29) is 17.1 Å². The first-order valence-corrected chi connectivity index (χ1v) is 14.1. The lowest BCUT2D eigenvalue weighted by molar-refractivity contribution is -0.137. The van der Waals surface area contributed by atoms with E-state index in [4.69, 9.17) is 9.16 Å². The van der Waals surface area contributed by atoms with Crippen molar-refractivity contribution in [3.8, 4) is 0 Å². The third kappa shape index (κ3) is 6.90. The largest absolute Gasteiger partial charge is 0.463 e. The van der Waals surface area contributed by atoms with Crippen LogP contribution in [0.4, 0.5) is 0 Å². The van der Waals surface area contributed by atoms with E-state index < -0.39 is 8.32 Å². The summed E-state index contributed by atoms with van der Waals surface area (Å²) < 4.78 is 12.4. The molecule has 1 unspecified atom stereocenters. The Kier molecular flexibility index (Phi) is 9.41. The van der Waals surface area contributed by atoms with Crippen LogP contribution in [0.2, 0.25) is 5.04 Å². The molecule has 0 aliphatic heterocycles. The highest BCUT2D eigenvalue weighted by molar-refractivity contribution is 6.99. The summed E-state index contributed by atoms with van der Waals surface area (Å²) in [6, 6.07) is 31.4. The Labute approximate surface area is 211 Å². The maximum atomic E-state index is 11.9. The van der Waals surface area contributed by atoms with Crippen molar-refractivity contribution in [1.82, 2.24) is 0 Å². The van der Waals surface area contributed by atoms with Crippen LogP contribution in [0.15, 0.2) is 109 Å². The first-order chi connectivity index (χ1) is 16.9. The van der Waals surface area contributed by atoms with Crippen molar-refractivity contribution in [2.24, 2.45) is 0 Å². The monoisotopic (exact) mass is 484 g/mol. The van der Waals surface area contributed by atoms with Gasteiger partial charge in [0.2, 0.25) is 0 Å². The topological polar surface area (TPSA) is 35.5 Å². The first-order valence-electron chi connectivity index (χ1n) is 12.2. The maximum absolute atomic E-state index is 11.9. The van der Waals surface area contributed by atoms with Crippen molar-refractivity contribution < 1.29 is 14.0 Å². The van der Waals surface area contributed by atoms with E-state index in [0.717, 1.165) is 5.56 Å². The van der Waals surface area contributed by atoms with Crippen LogP contribution < -0.4 is 10.4 Å². The minimum Gasteiger partial charge on any atom is -0.463 e. The summed E-state index contributed by atoms with van der Waals surface area (Å²) in [5.41, 5.74) is 1.11. The number of carbonyl (C=O) groups is 1. The fourth-order valence-corrected chi connectivity index (χ4v) is 9.00. The van der Waals surface area contributed by atoms with Gasteiger partial charge in [-0.2, -0.15) is 0 Å². The van der Waals surface area contributed by atoms with Crippen LogP contribution in [0, 0.1) is 0 Å². The van der Waals surface area contributed by atoms with Crippen LogP contribution in [0.3, 0.4) is 0 Å².